The molecule has 3 nitrogen and oxygen atoms in total. The first kappa shape index (κ1) is 14.2. The van der Waals surface area contributed by atoms with Crippen molar-refractivity contribution in [1.82, 2.24) is 9.97 Å². The Labute approximate surface area is 109 Å². The van der Waals surface area contributed by atoms with Crippen LogP contribution in [-0.4, -0.2) is 21.9 Å². The van der Waals surface area contributed by atoms with Gasteiger partial charge in [0.15, 0.2) is 0 Å². The maximum atomic E-state index is 6.36. The zero-order valence-electron chi connectivity index (χ0n) is 11.1. The van der Waals surface area contributed by atoms with Crippen LogP contribution in [0.1, 0.15) is 38.1 Å². The molecule has 4 heteroatoms. The van der Waals surface area contributed by atoms with Crippen LogP contribution in [0.2, 0.25) is 0 Å². The Morgan fingerprint density at radius 2 is 1.88 bits per heavy atom. The molecule has 96 valence electrons. The summed E-state index contributed by atoms with van der Waals surface area (Å²) in [5.74, 6) is 1.37. The summed E-state index contributed by atoms with van der Waals surface area (Å²) in [7, 11) is 0. The highest BCUT2D eigenvalue weighted by atomic mass is 35.5. The van der Waals surface area contributed by atoms with Gasteiger partial charge < -0.3 is 5.32 Å². The zero-order valence-corrected chi connectivity index (χ0v) is 11.9. The van der Waals surface area contributed by atoms with Crippen LogP contribution in [0.3, 0.4) is 0 Å². The number of nitrogens with one attached hydrogen (secondary N) is 1. The van der Waals surface area contributed by atoms with Gasteiger partial charge in [0.25, 0.3) is 0 Å². The molecule has 0 aromatic carbocycles. The van der Waals surface area contributed by atoms with E-state index in [1.165, 1.54) is 0 Å². The van der Waals surface area contributed by atoms with Crippen LogP contribution in [0.5, 0.6) is 0 Å². The quantitative estimate of drug-likeness (QED) is 0.790. The summed E-state index contributed by atoms with van der Waals surface area (Å²) in [6.45, 7) is 9.02. The smallest absolute Gasteiger partial charge is 0.144 e. The fraction of sp³-hybridized carbons (Fsp3) is 0.692. The lowest BCUT2D eigenvalue weighted by Crippen LogP contribution is -2.23. The summed E-state index contributed by atoms with van der Waals surface area (Å²) in [5, 5.41) is 3.40. The van der Waals surface area contributed by atoms with E-state index in [4.69, 9.17) is 11.6 Å². The normalized spacial score (nSPS) is 12.8. The number of rotatable bonds is 6. The molecule has 1 aromatic heterocycles. The predicted molar refractivity (Wildman–Crippen MR) is 73.7 cm³/mol. The van der Waals surface area contributed by atoms with Crippen molar-refractivity contribution < 1.29 is 0 Å². The van der Waals surface area contributed by atoms with Crippen LogP contribution in [0.4, 0.5) is 5.82 Å². The van der Waals surface area contributed by atoms with Gasteiger partial charge in [-0.2, -0.15) is 0 Å². The van der Waals surface area contributed by atoms with Gasteiger partial charge >= 0.3 is 0 Å². The zero-order chi connectivity index (χ0) is 12.8. The first-order valence-electron chi connectivity index (χ1n) is 6.26. The van der Waals surface area contributed by atoms with Crippen molar-refractivity contribution in [3.05, 3.63) is 17.6 Å². The molecule has 0 bridgehead atoms. The standard InChI is InChI=1S/C13H22ClN3/c1-5-11(6-2)12(14)7-16-13-8-15-9(3)10(4)17-13/h8,11-12H,5-7H2,1-4H3,(H,16,17). The SMILES string of the molecule is CCC(CC)C(Cl)CNc1cnc(C)c(C)n1. The minimum Gasteiger partial charge on any atom is -0.367 e. The molecular weight excluding hydrogens is 234 g/mol. The van der Waals surface area contributed by atoms with Gasteiger partial charge in [0, 0.05) is 6.54 Å². The maximum Gasteiger partial charge on any atom is 0.144 e. The van der Waals surface area contributed by atoms with Gasteiger partial charge in [-0.1, -0.05) is 26.7 Å². The van der Waals surface area contributed by atoms with Gasteiger partial charge in [-0.25, -0.2) is 4.98 Å². The third kappa shape index (κ3) is 4.15. The van der Waals surface area contributed by atoms with Crippen molar-refractivity contribution in [2.75, 3.05) is 11.9 Å². The molecule has 17 heavy (non-hydrogen) atoms. The Balaban J connectivity index is 2.52. The molecule has 0 spiro atoms. The molecule has 1 unspecified atom stereocenters. The average molecular weight is 256 g/mol. The van der Waals surface area contributed by atoms with Crippen molar-refractivity contribution >= 4 is 17.4 Å². The lowest BCUT2D eigenvalue weighted by atomic mass is 9.99. The van der Waals surface area contributed by atoms with E-state index in [1.807, 2.05) is 13.8 Å². The van der Waals surface area contributed by atoms with Gasteiger partial charge in [0.2, 0.25) is 0 Å². The molecule has 1 rings (SSSR count). The summed E-state index contributed by atoms with van der Waals surface area (Å²) < 4.78 is 0. The van der Waals surface area contributed by atoms with Crippen LogP contribution in [0, 0.1) is 19.8 Å². The minimum atomic E-state index is 0.147. The fourth-order valence-corrected chi connectivity index (χ4v) is 2.23. The summed E-state index contributed by atoms with van der Waals surface area (Å²) in [6.07, 6.45) is 3.99. The summed E-state index contributed by atoms with van der Waals surface area (Å²) in [6, 6.07) is 0. The third-order valence-electron chi connectivity index (χ3n) is 3.23. The van der Waals surface area contributed by atoms with E-state index in [0.29, 0.717) is 5.92 Å². The van der Waals surface area contributed by atoms with E-state index in [9.17, 15) is 0 Å². The second-order valence-electron chi connectivity index (χ2n) is 4.40. The van der Waals surface area contributed by atoms with Gasteiger partial charge in [-0.15, -0.1) is 11.6 Å². The Bertz CT molecular complexity index is 351. The average Bonchev–Trinajstić information content (AvgIpc) is 2.32. The first-order valence-corrected chi connectivity index (χ1v) is 6.70. The largest absolute Gasteiger partial charge is 0.367 e. The lowest BCUT2D eigenvalue weighted by Gasteiger charge is -2.19. The Morgan fingerprint density at radius 3 is 2.41 bits per heavy atom. The molecule has 0 aliphatic carbocycles. The molecular formula is C13H22ClN3. The number of anilines is 1. The van der Waals surface area contributed by atoms with Gasteiger partial charge in [0.1, 0.15) is 5.82 Å². The minimum absolute atomic E-state index is 0.147. The highest BCUT2D eigenvalue weighted by molar-refractivity contribution is 6.21. The van der Waals surface area contributed by atoms with Crippen molar-refractivity contribution in [3.8, 4) is 0 Å². The first-order chi connectivity index (χ1) is 8.08. The number of halogens is 1. The number of aryl methyl sites for hydroxylation is 2. The molecule has 0 aliphatic rings. The van der Waals surface area contributed by atoms with Gasteiger partial charge in [0.05, 0.1) is 23.0 Å². The number of aromatic nitrogens is 2. The molecule has 1 N–H and O–H groups in total. The van der Waals surface area contributed by atoms with E-state index in [0.717, 1.165) is 36.6 Å². The van der Waals surface area contributed by atoms with E-state index >= 15 is 0 Å². The lowest BCUT2D eigenvalue weighted by molar-refractivity contribution is 0.475. The second kappa shape index (κ2) is 6.80. The molecule has 0 amide bonds. The molecule has 1 atom stereocenters. The van der Waals surface area contributed by atoms with Crippen LogP contribution in [-0.2, 0) is 0 Å². The number of nitrogens with zero attached hydrogens (tertiary/aromatic N) is 2. The van der Waals surface area contributed by atoms with Crippen LogP contribution >= 0.6 is 11.6 Å². The molecule has 0 saturated carbocycles. The Morgan fingerprint density at radius 1 is 1.24 bits per heavy atom. The molecule has 0 aliphatic heterocycles. The van der Waals surface area contributed by atoms with Gasteiger partial charge in [-0.05, 0) is 19.8 Å². The molecule has 1 aromatic rings. The molecule has 0 fully saturated rings. The summed E-state index contributed by atoms with van der Waals surface area (Å²) in [5.41, 5.74) is 1.93. The molecule has 0 radical (unpaired) electrons. The Kier molecular flexibility index (Phi) is 5.69. The number of alkyl halides is 1. The van der Waals surface area contributed by atoms with Crippen molar-refractivity contribution in [2.24, 2.45) is 5.92 Å². The van der Waals surface area contributed by atoms with Crippen LogP contribution in [0.25, 0.3) is 0 Å². The van der Waals surface area contributed by atoms with Crippen molar-refractivity contribution in [1.29, 1.82) is 0 Å². The maximum absolute atomic E-state index is 6.36. The van der Waals surface area contributed by atoms with Crippen molar-refractivity contribution in [2.45, 2.75) is 45.9 Å². The van der Waals surface area contributed by atoms with Crippen molar-refractivity contribution in [3.63, 3.8) is 0 Å². The predicted octanol–water partition coefficient (Wildman–Crippen LogP) is 3.55. The van der Waals surface area contributed by atoms with Crippen LogP contribution in [0.15, 0.2) is 6.20 Å². The van der Waals surface area contributed by atoms with E-state index in [1.54, 1.807) is 6.20 Å². The topological polar surface area (TPSA) is 37.8 Å². The van der Waals surface area contributed by atoms with Crippen LogP contribution < -0.4 is 5.32 Å². The fourth-order valence-electron chi connectivity index (χ4n) is 1.80. The molecule has 1 heterocycles. The number of hydrogen-bond donors (Lipinski definition) is 1. The number of hydrogen-bond acceptors (Lipinski definition) is 3. The third-order valence-corrected chi connectivity index (χ3v) is 3.74. The van der Waals surface area contributed by atoms with E-state index in [-0.39, 0.29) is 5.38 Å². The van der Waals surface area contributed by atoms with Gasteiger partial charge in [-0.3, -0.25) is 4.98 Å². The second-order valence-corrected chi connectivity index (χ2v) is 4.96. The highest BCUT2D eigenvalue weighted by Crippen LogP contribution is 2.19. The summed E-state index contributed by atoms with van der Waals surface area (Å²) >= 11 is 6.36. The van der Waals surface area contributed by atoms with E-state index < -0.39 is 0 Å². The Hall–Kier alpha value is -0.830. The monoisotopic (exact) mass is 255 g/mol. The highest BCUT2D eigenvalue weighted by Gasteiger charge is 2.15. The summed E-state index contributed by atoms with van der Waals surface area (Å²) in [4.78, 5) is 8.70. The molecule has 0 saturated heterocycles. The van der Waals surface area contributed by atoms with E-state index in [2.05, 4.69) is 29.1 Å².